The average Bonchev–Trinajstić information content (AvgIpc) is 2.77. The van der Waals surface area contributed by atoms with Gasteiger partial charge in [-0.25, -0.2) is 4.98 Å². The highest BCUT2D eigenvalue weighted by Crippen LogP contribution is 2.17. The van der Waals surface area contributed by atoms with E-state index in [0.717, 1.165) is 0 Å². The number of hydrogen-bond donors (Lipinski definition) is 1. The van der Waals surface area contributed by atoms with Gasteiger partial charge in [-0.2, -0.15) is 4.39 Å². The van der Waals surface area contributed by atoms with Crippen LogP contribution in [0.2, 0.25) is 0 Å². The quantitative estimate of drug-likeness (QED) is 0.745. The average molecular weight is 237 g/mol. The fourth-order valence-electron chi connectivity index (χ4n) is 1.87. The molecule has 5 nitrogen and oxygen atoms in total. The van der Waals surface area contributed by atoms with Gasteiger partial charge < -0.3 is 10.6 Å². The van der Waals surface area contributed by atoms with E-state index in [4.69, 9.17) is 5.73 Å². The summed E-state index contributed by atoms with van der Waals surface area (Å²) in [6.45, 7) is 0.733. The Morgan fingerprint density at radius 3 is 2.82 bits per heavy atom. The molecule has 2 heterocycles. The molecule has 1 fully saturated rings. The van der Waals surface area contributed by atoms with Gasteiger partial charge in [0.05, 0.1) is 5.92 Å². The van der Waals surface area contributed by atoms with E-state index in [-0.39, 0.29) is 24.1 Å². The molecule has 1 atom stereocenters. The number of likely N-dealkylation sites (tertiary alicyclic amines) is 1. The molecule has 0 aliphatic carbocycles. The summed E-state index contributed by atoms with van der Waals surface area (Å²) in [5.41, 5.74) is 5.22. The van der Waals surface area contributed by atoms with E-state index in [0.29, 0.717) is 13.0 Å². The number of pyridine rings is 1. The summed E-state index contributed by atoms with van der Waals surface area (Å²) in [6, 6.07) is 4.05. The molecule has 2 rings (SSSR count). The topological polar surface area (TPSA) is 76.3 Å². The number of nitrogens with zero attached hydrogens (tertiary/aromatic N) is 2. The summed E-state index contributed by atoms with van der Waals surface area (Å²) in [4.78, 5) is 27.9. The maximum absolute atomic E-state index is 12.9. The molecule has 1 unspecified atom stereocenters. The van der Waals surface area contributed by atoms with Crippen molar-refractivity contribution in [3.05, 3.63) is 29.8 Å². The van der Waals surface area contributed by atoms with E-state index >= 15 is 0 Å². The van der Waals surface area contributed by atoms with Gasteiger partial charge in [0.25, 0.3) is 5.91 Å². The van der Waals surface area contributed by atoms with Crippen molar-refractivity contribution in [3.63, 3.8) is 0 Å². The Balaban J connectivity index is 2.09. The summed E-state index contributed by atoms with van der Waals surface area (Å²) < 4.78 is 12.9. The van der Waals surface area contributed by atoms with Gasteiger partial charge in [0.1, 0.15) is 5.69 Å². The third-order valence-corrected chi connectivity index (χ3v) is 2.81. The molecule has 0 bridgehead atoms. The molecule has 17 heavy (non-hydrogen) atoms. The van der Waals surface area contributed by atoms with Gasteiger partial charge in [-0.05, 0) is 18.6 Å². The lowest BCUT2D eigenvalue weighted by molar-refractivity contribution is -0.121. The van der Waals surface area contributed by atoms with Crippen LogP contribution in [0.4, 0.5) is 4.39 Å². The van der Waals surface area contributed by atoms with E-state index in [1.807, 2.05) is 0 Å². The van der Waals surface area contributed by atoms with E-state index < -0.39 is 11.9 Å². The van der Waals surface area contributed by atoms with Crippen molar-refractivity contribution in [2.75, 3.05) is 13.1 Å². The molecule has 2 N–H and O–H groups in total. The maximum atomic E-state index is 12.9. The standard InChI is InChI=1S/C11H12FN3O2/c12-9-3-1-2-8(14-9)11(17)15-5-4-7(6-15)10(13)16/h1-3,7H,4-6H2,(H2,13,16). The second kappa shape index (κ2) is 4.48. The second-order valence-electron chi connectivity index (χ2n) is 3.98. The molecule has 1 aliphatic rings. The number of aromatic nitrogens is 1. The predicted molar refractivity (Wildman–Crippen MR) is 57.4 cm³/mol. The molecule has 1 aromatic rings. The lowest BCUT2D eigenvalue weighted by Gasteiger charge is -2.15. The molecule has 2 amide bonds. The third kappa shape index (κ3) is 2.41. The first kappa shape index (κ1) is 11.5. The highest BCUT2D eigenvalue weighted by Gasteiger charge is 2.30. The summed E-state index contributed by atoms with van der Waals surface area (Å²) in [5.74, 6) is -1.78. The van der Waals surface area contributed by atoms with E-state index in [9.17, 15) is 14.0 Å². The normalized spacial score (nSPS) is 19.4. The van der Waals surface area contributed by atoms with E-state index in [2.05, 4.69) is 4.98 Å². The lowest BCUT2D eigenvalue weighted by Crippen LogP contribution is -2.32. The zero-order valence-electron chi connectivity index (χ0n) is 9.10. The lowest BCUT2D eigenvalue weighted by atomic mass is 10.1. The zero-order chi connectivity index (χ0) is 12.4. The minimum absolute atomic E-state index is 0.0510. The van der Waals surface area contributed by atoms with Crippen molar-refractivity contribution in [2.45, 2.75) is 6.42 Å². The first-order valence-corrected chi connectivity index (χ1v) is 5.29. The molecule has 0 spiro atoms. The second-order valence-corrected chi connectivity index (χ2v) is 3.98. The molecule has 1 aliphatic heterocycles. The number of carbonyl (C=O) groups is 2. The van der Waals surface area contributed by atoms with Crippen molar-refractivity contribution in [1.29, 1.82) is 0 Å². The first-order chi connectivity index (χ1) is 8.08. The molecular weight excluding hydrogens is 225 g/mol. The van der Waals surface area contributed by atoms with Gasteiger partial charge in [0.15, 0.2) is 0 Å². The summed E-state index contributed by atoms with van der Waals surface area (Å²) in [5, 5.41) is 0. The van der Waals surface area contributed by atoms with Crippen LogP contribution in [0.15, 0.2) is 18.2 Å². The van der Waals surface area contributed by atoms with Crippen molar-refractivity contribution in [2.24, 2.45) is 11.7 Å². The number of hydrogen-bond acceptors (Lipinski definition) is 3. The molecule has 90 valence electrons. The van der Waals surface area contributed by atoms with Crippen molar-refractivity contribution < 1.29 is 14.0 Å². The van der Waals surface area contributed by atoms with Crippen LogP contribution in [0.1, 0.15) is 16.9 Å². The SMILES string of the molecule is NC(=O)C1CCN(C(=O)c2cccc(F)n2)C1. The molecule has 0 saturated carbocycles. The van der Waals surface area contributed by atoms with E-state index in [1.165, 1.54) is 23.1 Å². The number of primary amides is 1. The Morgan fingerprint density at radius 1 is 1.47 bits per heavy atom. The number of carbonyl (C=O) groups excluding carboxylic acids is 2. The summed E-state index contributed by atoms with van der Waals surface area (Å²) >= 11 is 0. The van der Waals surface area contributed by atoms with Crippen LogP contribution < -0.4 is 5.73 Å². The van der Waals surface area contributed by atoms with Crippen LogP contribution in [0.5, 0.6) is 0 Å². The van der Waals surface area contributed by atoms with Gasteiger partial charge in [-0.15, -0.1) is 0 Å². The van der Waals surface area contributed by atoms with Gasteiger partial charge >= 0.3 is 0 Å². The monoisotopic (exact) mass is 237 g/mol. The van der Waals surface area contributed by atoms with Crippen LogP contribution in [0.25, 0.3) is 0 Å². The van der Waals surface area contributed by atoms with Gasteiger partial charge in [0, 0.05) is 13.1 Å². The van der Waals surface area contributed by atoms with Gasteiger partial charge in [0.2, 0.25) is 11.9 Å². The zero-order valence-corrected chi connectivity index (χ0v) is 9.10. The van der Waals surface area contributed by atoms with Crippen molar-refractivity contribution in [1.82, 2.24) is 9.88 Å². The Labute approximate surface area is 97.4 Å². The van der Waals surface area contributed by atoms with Crippen LogP contribution in [-0.2, 0) is 4.79 Å². The van der Waals surface area contributed by atoms with Gasteiger partial charge in [-0.1, -0.05) is 6.07 Å². The Kier molecular flexibility index (Phi) is 3.03. The van der Waals surface area contributed by atoms with E-state index in [1.54, 1.807) is 0 Å². The smallest absolute Gasteiger partial charge is 0.272 e. The molecule has 6 heteroatoms. The highest BCUT2D eigenvalue weighted by molar-refractivity contribution is 5.93. The van der Waals surface area contributed by atoms with Gasteiger partial charge in [-0.3, -0.25) is 9.59 Å². The van der Waals surface area contributed by atoms with Crippen LogP contribution in [0.3, 0.4) is 0 Å². The first-order valence-electron chi connectivity index (χ1n) is 5.29. The number of rotatable bonds is 2. The summed E-state index contributed by atoms with van der Waals surface area (Å²) in [7, 11) is 0. The van der Waals surface area contributed by atoms with Crippen LogP contribution >= 0.6 is 0 Å². The fraction of sp³-hybridized carbons (Fsp3) is 0.364. The molecule has 0 radical (unpaired) electrons. The number of amides is 2. The molecule has 1 saturated heterocycles. The van der Waals surface area contributed by atoms with Crippen molar-refractivity contribution in [3.8, 4) is 0 Å². The van der Waals surface area contributed by atoms with Crippen LogP contribution in [-0.4, -0.2) is 34.8 Å². The predicted octanol–water partition coefficient (Wildman–Crippen LogP) is 0.168. The third-order valence-electron chi connectivity index (χ3n) is 2.81. The van der Waals surface area contributed by atoms with Crippen molar-refractivity contribution >= 4 is 11.8 Å². The molecule has 1 aromatic heterocycles. The summed E-state index contributed by atoms with van der Waals surface area (Å²) in [6.07, 6.45) is 0.552. The number of nitrogens with two attached hydrogens (primary N) is 1. The number of halogens is 1. The fourth-order valence-corrected chi connectivity index (χ4v) is 1.87. The molecule has 0 aromatic carbocycles. The van der Waals surface area contributed by atoms with Crippen LogP contribution in [0, 0.1) is 11.9 Å². The molecular formula is C11H12FN3O2. The largest absolute Gasteiger partial charge is 0.369 e. The highest BCUT2D eigenvalue weighted by atomic mass is 19.1. The minimum Gasteiger partial charge on any atom is -0.369 e. The Morgan fingerprint density at radius 2 is 2.24 bits per heavy atom. The maximum Gasteiger partial charge on any atom is 0.272 e. The minimum atomic E-state index is -0.693. The Hall–Kier alpha value is -1.98. The Bertz CT molecular complexity index is 464.